The van der Waals surface area contributed by atoms with E-state index in [9.17, 15) is 8.42 Å². The Labute approximate surface area is 160 Å². The van der Waals surface area contributed by atoms with Gasteiger partial charge < -0.3 is 15.8 Å². The second-order valence-electron chi connectivity index (χ2n) is 5.61. The summed E-state index contributed by atoms with van der Waals surface area (Å²) in [6.45, 7) is 0.915. The van der Waals surface area contributed by atoms with Crippen LogP contribution in [0.1, 0.15) is 19.3 Å². The first-order chi connectivity index (χ1) is 10.9. The van der Waals surface area contributed by atoms with Crippen LogP contribution in [-0.4, -0.2) is 51.2 Å². The molecule has 2 rings (SSSR count). The Morgan fingerprint density at radius 2 is 2.21 bits per heavy atom. The fourth-order valence-electron chi connectivity index (χ4n) is 2.69. The lowest BCUT2D eigenvalue weighted by atomic mass is 10.1. The molecule has 1 aromatic carbocycles. The zero-order valence-corrected chi connectivity index (χ0v) is 17.1. The van der Waals surface area contributed by atoms with Crippen molar-refractivity contribution in [3.63, 3.8) is 0 Å². The lowest BCUT2D eigenvalue weighted by Gasteiger charge is -2.32. The van der Waals surface area contributed by atoms with Crippen molar-refractivity contribution >= 4 is 45.6 Å². The number of hydrogen-bond acceptors (Lipinski definition) is 4. The molecule has 136 valence electrons. The SMILES string of the molecule is COc1cccc(NC(N)=NCC2CCCCN2S(C)(=O)=O)c1.I. The molecular weight excluding hydrogens is 443 g/mol. The normalized spacial score (nSPS) is 19.4. The minimum absolute atomic E-state index is 0. The summed E-state index contributed by atoms with van der Waals surface area (Å²) >= 11 is 0. The van der Waals surface area contributed by atoms with E-state index in [0.717, 1.165) is 30.7 Å². The number of sulfonamides is 1. The van der Waals surface area contributed by atoms with Crippen molar-refractivity contribution in [2.45, 2.75) is 25.3 Å². The van der Waals surface area contributed by atoms with E-state index in [2.05, 4.69) is 10.3 Å². The van der Waals surface area contributed by atoms with E-state index in [0.29, 0.717) is 13.1 Å². The van der Waals surface area contributed by atoms with E-state index in [4.69, 9.17) is 10.5 Å². The Bertz CT molecular complexity index is 666. The van der Waals surface area contributed by atoms with Crippen LogP contribution in [-0.2, 0) is 10.0 Å². The third-order valence-corrected chi connectivity index (χ3v) is 5.15. The van der Waals surface area contributed by atoms with Crippen LogP contribution < -0.4 is 15.8 Å². The maximum Gasteiger partial charge on any atom is 0.211 e. The molecule has 7 nitrogen and oxygen atoms in total. The number of benzene rings is 1. The lowest BCUT2D eigenvalue weighted by Crippen LogP contribution is -2.45. The highest BCUT2D eigenvalue weighted by Crippen LogP contribution is 2.20. The lowest BCUT2D eigenvalue weighted by molar-refractivity contribution is 0.259. The quantitative estimate of drug-likeness (QED) is 0.391. The van der Waals surface area contributed by atoms with Gasteiger partial charge in [-0.15, -0.1) is 24.0 Å². The van der Waals surface area contributed by atoms with Crippen molar-refractivity contribution in [1.29, 1.82) is 0 Å². The van der Waals surface area contributed by atoms with Crippen LogP contribution in [0.3, 0.4) is 0 Å². The van der Waals surface area contributed by atoms with Gasteiger partial charge in [0.2, 0.25) is 10.0 Å². The summed E-state index contributed by atoms with van der Waals surface area (Å²) in [5, 5.41) is 2.99. The highest BCUT2D eigenvalue weighted by atomic mass is 127. The van der Waals surface area contributed by atoms with Gasteiger partial charge in [-0.25, -0.2) is 8.42 Å². The summed E-state index contributed by atoms with van der Waals surface area (Å²) in [4.78, 5) is 4.30. The molecule has 0 aromatic heterocycles. The van der Waals surface area contributed by atoms with Crippen LogP contribution in [0.25, 0.3) is 0 Å². The van der Waals surface area contributed by atoms with Crippen molar-refractivity contribution in [2.24, 2.45) is 10.7 Å². The number of nitrogens with two attached hydrogens (primary N) is 1. The molecule has 9 heteroatoms. The molecule has 1 aliphatic heterocycles. The van der Waals surface area contributed by atoms with Gasteiger partial charge in [-0.1, -0.05) is 12.5 Å². The molecule has 1 aromatic rings. The number of aliphatic imine (C=N–C) groups is 1. The molecule has 1 unspecified atom stereocenters. The number of hydrogen-bond donors (Lipinski definition) is 2. The van der Waals surface area contributed by atoms with Gasteiger partial charge in [-0.2, -0.15) is 4.31 Å². The molecule has 0 amide bonds. The van der Waals surface area contributed by atoms with E-state index in [-0.39, 0.29) is 36.0 Å². The van der Waals surface area contributed by atoms with Crippen LogP contribution in [0.15, 0.2) is 29.3 Å². The number of nitrogens with one attached hydrogen (secondary N) is 1. The summed E-state index contributed by atoms with van der Waals surface area (Å²) < 4.78 is 30.3. The standard InChI is InChI=1S/C15H24N4O3S.HI/c1-22-14-8-5-6-12(10-14)18-15(16)17-11-13-7-3-4-9-19(13)23(2,20)21;/h5-6,8,10,13H,3-4,7,9,11H2,1-2H3,(H3,16,17,18);1H. The molecule has 24 heavy (non-hydrogen) atoms. The van der Waals surface area contributed by atoms with Gasteiger partial charge in [0.15, 0.2) is 5.96 Å². The molecule has 1 saturated heterocycles. The first-order valence-electron chi connectivity index (χ1n) is 7.58. The number of piperidine rings is 1. The second kappa shape index (κ2) is 9.42. The maximum atomic E-state index is 11.8. The van der Waals surface area contributed by atoms with E-state index < -0.39 is 10.0 Å². The van der Waals surface area contributed by atoms with Crippen LogP contribution >= 0.6 is 24.0 Å². The predicted molar refractivity (Wildman–Crippen MR) is 108 cm³/mol. The van der Waals surface area contributed by atoms with Crippen molar-refractivity contribution in [2.75, 3.05) is 31.8 Å². The first-order valence-corrected chi connectivity index (χ1v) is 9.43. The molecular formula is C15H25IN4O3S. The van der Waals surface area contributed by atoms with Crippen LogP contribution in [0.4, 0.5) is 5.69 Å². The fraction of sp³-hybridized carbons (Fsp3) is 0.533. The zero-order chi connectivity index (χ0) is 16.9. The van der Waals surface area contributed by atoms with Gasteiger partial charge >= 0.3 is 0 Å². The van der Waals surface area contributed by atoms with Gasteiger partial charge in [-0.05, 0) is 25.0 Å². The Kier molecular flexibility index (Phi) is 8.23. The minimum atomic E-state index is -3.20. The molecule has 0 aliphatic carbocycles. The summed E-state index contributed by atoms with van der Waals surface area (Å²) in [7, 11) is -1.61. The van der Waals surface area contributed by atoms with Gasteiger partial charge in [0, 0.05) is 24.3 Å². The highest BCUT2D eigenvalue weighted by molar-refractivity contribution is 14.0. The molecule has 0 bridgehead atoms. The molecule has 1 heterocycles. The zero-order valence-electron chi connectivity index (χ0n) is 13.9. The van der Waals surface area contributed by atoms with Crippen molar-refractivity contribution < 1.29 is 13.2 Å². The van der Waals surface area contributed by atoms with E-state index in [1.165, 1.54) is 10.6 Å². The van der Waals surface area contributed by atoms with Crippen molar-refractivity contribution in [3.05, 3.63) is 24.3 Å². The molecule has 1 aliphatic rings. The molecule has 0 radical (unpaired) electrons. The highest BCUT2D eigenvalue weighted by Gasteiger charge is 2.28. The largest absolute Gasteiger partial charge is 0.497 e. The average Bonchev–Trinajstić information content (AvgIpc) is 2.52. The van der Waals surface area contributed by atoms with Crippen molar-refractivity contribution in [3.8, 4) is 5.75 Å². The monoisotopic (exact) mass is 468 g/mol. The third kappa shape index (κ3) is 6.10. The Hall–Kier alpha value is -1.07. The van der Waals surface area contributed by atoms with Crippen LogP contribution in [0.2, 0.25) is 0 Å². The summed E-state index contributed by atoms with van der Waals surface area (Å²) in [5.41, 5.74) is 6.67. The number of ether oxygens (including phenoxy) is 1. The van der Waals surface area contributed by atoms with E-state index in [1.807, 2.05) is 24.3 Å². The summed E-state index contributed by atoms with van der Waals surface area (Å²) in [5.74, 6) is 0.982. The van der Waals surface area contributed by atoms with Crippen LogP contribution in [0, 0.1) is 0 Å². The molecule has 0 saturated carbocycles. The van der Waals surface area contributed by atoms with Gasteiger partial charge in [0.1, 0.15) is 5.75 Å². The van der Waals surface area contributed by atoms with E-state index >= 15 is 0 Å². The Balaban J connectivity index is 0.00000288. The third-order valence-electron chi connectivity index (χ3n) is 3.81. The van der Waals surface area contributed by atoms with Gasteiger partial charge in [-0.3, -0.25) is 4.99 Å². The summed E-state index contributed by atoms with van der Waals surface area (Å²) in [6, 6.07) is 7.23. The molecule has 1 atom stereocenters. The Morgan fingerprint density at radius 3 is 2.88 bits per heavy atom. The van der Waals surface area contributed by atoms with Gasteiger partial charge in [0.25, 0.3) is 0 Å². The number of methoxy groups -OCH3 is 1. The first kappa shape index (κ1) is 21.0. The number of halogens is 1. The number of anilines is 1. The summed E-state index contributed by atoms with van der Waals surface area (Å²) in [6.07, 6.45) is 3.95. The van der Waals surface area contributed by atoms with Crippen LogP contribution in [0.5, 0.6) is 5.75 Å². The topological polar surface area (TPSA) is 97.0 Å². The number of guanidine groups is 1. The Morgan fingerprint density at radius 1 is 1.46 bits per heavy atom. The van der Waals surface area contributed by atoms with Gasteiger partial charge in [0.05, 0.1) is 19.9 Å². The fourth-order valence-corrected chi connectivity index (χ4v) is 3.86. The van der Waals surface area contributed by atoms with E-state index in [1.54, 1.807) is 7.11 Å². The maximum absolute atomic E-state index is 11.8. The van der Waals surface area contributed by atoms with Crippen molar-refractivity contribution in [1.82, 2.24) is 4.31 Å². The minimum Gasteiger partial charge on any atom is -0.497 e. The molecule has 1 fully saturated rings. The smallest absolute Gasteiger partial charge is 0.211 e. The molecule has 3 N–H and O–H groups in total. The molecule has 0 spiro atoms. The number of rotatable bonds is 5. The second-order valence-corrected chi connectivity index (χ2v) is 7.54. The average molecular weight is 468 g/mol. The number of nitrogens with zero attached hydrogens (tertiary/aromatic N) is 2. The predicted octanol–water partition coefficient (Wildman–Crippen LogP) is 1.85.